The minimum Gasteiger partial charge on any atom is -0.347 e. The molecule has 2 aromatic rings. The van der Waals surface area contributed by atoms with Crippen molar-refractivity contribution < 1.29 is 12.8 Å². The van der Waals surface area contributed by atoms with E-state index in [9.17, 15) is 12.8 Å². The lowest BCUT2D eigenvalue weighted by atomic mass is 10.2. The van der Waals surface area contributed by atoms with E-state index >= 15 is 0 Å². The maximum atomic E-state index is 13.6. The number of hydrogen-bond donors (Lipinski definition) is 3. The summed E-state index contributed by atoms with van der Waals surface area (Å²) in [4.78, 5) is 6.10. The van der Waals surface area contributed by atoms with Gasteiger partial charge in [-0.2, -0.15) is 0 Å². The van der Waals surface area contributed by atoms with E-state index in [4.69, 9.17) is 5.73 Å². The van der Waals surface area contributed by atoms with Crippen molar-refractivity contribution in [2.24, 2.45) is 5.73 Å². The largest absolute Gasteiger partial charge is 0.347 e. The second kappa shape index (κ2) is 5.47. The van der Waals surface area contributed by atoms with Crippen LogP contribution in [0.15, 0.2) is 35.6 Å². The van der Waals surface area contributed by atoms with Gasteiger partial charge in [-0.1, -0.05) is 6.07 Å². The summed E-state index contributed by atoms with van der Waals surface area (Å²) in [5.41, 5.74) is 6.54. The summed E-state index contributed by atoms with van der Waals surface area (Å²) in [6.07, 6.45) is 2.91. The molecule has 0 atom stereocenters. The first kappa shape index (κ1) is 13.7. The summed E-state index contributed by atoms with van der Waals surface area (Å²) < 4.78 is 39.9. The molecule has 102 valence electrons. The van der Waals surface area contributed by atoms with Crippen LogP contribution in [0.2, 0.25) is 0 Å². The Bertz CT molecular complexity index is 655. The number of hydrogen-bond acceptors (Lipinski definition) is 4. The van der Waals surface area contributed by atoms with Crippen LogP contribution in [0.4, 0.5) is 4.39 Å². The molecule has 2 rings (SSSR count). The Morgan fingerprint density at radius 3 is 2.84 bits per heavy atom. The van der Waals surface area contributed by atoms with E-state index in [0.717, 1.165) is 6.07 Å². The molecular weight excluding hydrogens is 271 g/mol. The molecule has 8 heteroatoms. The molecule has 0 spiro atoms. The van der Waals surface area contributed by atoms with Gasteiger partial charge in [0.15, 0.2) is 0 Å². The third-order valence-electron chi connectivity index (χ3n) is 2.53. The molecule has 0 aliphatic heterocycles. The molecule has 0 bridgehead atoms. The molecule has 0 aliphatic carbocycles. The van der Waals surface area contributed by atoms with Gasteiger partial charge in [-0.15, -0.1) is 0 Å². The van der Waals surface area contributed by atoms with Crippen molar-refractivity contribution in [1.82, 2.24) is 14.7 Å². The molecule has 1 aromatic heterocycles. The number of imidazole rings is 1. The highest BCUT2D eigenvalue weighted by molar-refractivity contribution is 7.89. The van der Waals surface area contributed by atoms with Crippen LogP contribution in [-0.4, -0.2) is 18.4 Å². The van der Waals surface area contributed by atoms with Crippen LogP contribution < -0.4 is 10.5 Å². The highest BCUT2D eigenvalue weighted by Crippen LogP contribution is 2.16. The SMILES string of the molecule is NCc1ccc(F)c(S(=O)(=O)NCc2cnc[nH]2)c1. The number of aromatic amines is 1. The quantitative estimate of drug-likeness (QED) is 0.743. The zero-order valence-electron chi connectivity index (χ0n) is 9.93. The van der Waals surface area contributed by atoms with E-state index in [-0.39, 0.29) is 13.1 Å². The highest BCUT2D eigenvalue weighted by Gasteiger charge is 2.19. The van der Waals surface area contributed by atoms with E-state index in [0.29, 0.717) is 11.3 Å². The van der Waals surface area contributed by atoms with Crippen LogP contribution >= 0.6 is 0 Å². The Balaban J connectivity index is 2.23. The van der Waals surface area contributed by atoms with Gasteiger partial charge in [0.1, 0.15) is 10.7 Å². The van der Waals surface area contributed by atoms with Gasteiger partial charge in [0, 0.05) is 18.4 Å². The molecule has 0 saturated carbocycles. The van der Waals surface area contributed by atoms with Crippen molar-refractivity contribution in [1.29, 1.82) is 0 Å². The lowest BCUT2D eigenvalue weighted by molar-refractivity contribution is 0.555. The van der Waals surface area contributed by atoms with Crippen molar-refractivity contribution in [2.45, 2.75) is 18.0 Å². The van der Waals surface area contributed by atoms with Crippen LogP contribution in [0.5, 0.6) is 0 Å². The number of H-pyrrole nitrogens is 1. The van der Waals surface area contributed by atoms with Gasteiger partial charge in [-0.25, -0.2) is 22.5 Å². The van der Waals surface area contributed by atoms with Crippen molar-refractivity contribution in [3.05, 3.63) is 47.8 Å². The van der Waals surface area contributed by atoms with Gasteiger partial charge in [0.2, 0.25) is 10.0 Å². The summed E-state index contributed by atoms with van der Waals surface area (Å²) in [5.74, 6) is -0.811. The highest BCUT2D eigenvalue weighted by atomic mass is 32.2. The second-order valence-corrected chi connectivity index (χ2v) is 5.61. The van der Waals surface area contributed by atoms with E-state index < -0.39 is 20.7 Å². The molecule has 1 heterocycles. The fourth-order valence-corrected chi connectivity index (χ4v) is 2.64. The predicted molar refractivity (Wildman–Crippen MR) is 66.9 cm³/mol. The first-order chi connectivity index (χ1) is 9.03. The Labute approximate surface area is 109 Å². The smallest absolute Gasteiger partial charge is 0.243 e. The molecular formula is C11H13FN4O2S. The maximum absolute atomic E-state index is 13.6. The van der Waals surface area contributed by atoms with Gasteiger partial charge in [0.25, 0.3) is 0 Å². The molecule has 0 aliphatic rings. The first-order valence-corrected chi connectivity index (χ1v) is 6.96. The molecule has 0 saturated heterocycles. The second-order valence-electron chi connectivity index (χ2n) is 3.87. The molecule has 6 nitrogen and oxygen atoms in total. The third kappa shape index (κ3) is 3.16. The molecule has 0 amide bonds. The number of nitrogens with zero attached hydrogens (tertiary/aromatic N) is 1. The average molecular weight is 284 g/mol. The number of halogens is 1. The molecule has 19 heavy (non-hydrogen) atoms. The first-order valence-electron chi connectivity index (χ1n) is 5.48. The lowest BCUT2D eigenvalue weighted by Gasteiger charge is -2.08. The Hall–Kier alpha value is -1.77. The fourth-order valence-electron chi connectivity index (χ4n) is 1.51. The van der Waals surface area contributed by atoms with Crippen LogP contribution in [0.1, 0.15) is 11.3 Å². The number of aromatic nitrogens is 2. The Morgan fingerprint density at radius 2 is 2.21 bits per heavy atom. The average Bonchev–Trinajstić information content (AvgIpc) is 2.90. The summed E-state index contributed by atoms with van der Waals surface area (Å²) in [5, 5.41) is 0. The van der Waals surface area contributed by atoms with Crippen molar-refractivity contribution in [3.8, 4) is 0 Å². The zero-order chi connectivity index (χ0) is 13.9. The fraction of sp³-hybridized carbons (Fsp3) is 0.182. The topological polar surface area (TPSA) is 101 Å². The summed E-state index contributed by atoms with van der Waals surface area (Å²) in [7, 11) is -3.93. The Kier molecular flexibility index (Phi) is 3.93. The summed E-state index contributed by atoms with van der Waals surface area (Å²) in [6, 6.07) is 3.76. The molecule has 0 fully saturated rings. The van der Waals surface area contributed by atoms with Gasteiger partial charge in [0.05, 0.1) is 12.9 Å². The third-order valence-corrected chi connectivity index (χ3v) is 3.94. The summed E-state index contributed by atoms with van der Waals surface area (Å²) in [6.45, 7) is 0.151. The number of nitrogens with one attached hydrogen (secondary N) is 2. The number of rotatable bonds is 5. The minimum absolute atomic E-state index is 0.00856. The molecule has 4 N–H and O–H groups in total. The zero-order valence-corrected chi connectivity index (χ0v) is 10.7. The molecule has 0 unspecified atom stereocenters. The Morgan fingerprint density at radius 1 is 1.42 bits per heavy atom. The van der Waals surface area contributed by atoms with Gasteiger partial charge in [-0.3, -0.25) is 0 Å². The van der Waals surface area contributed by atoms with E-state index in [1.54, 1.807) is 0 Å². The van der Waals surface area contributed by atoms with Crippen molar-refractivity contribution >= 4 is 10.0 Å². The van der Waals surface area contributed by atoms with Gasteiger partial charge < -0.3 is 10.7 Å². The molecule has 1 aromatic carbocycles. The summed E-state index contributed by atoms with van der Waals surface area (Å²) >= 11 is 0. The predicted octanol–water partition coefficient (Wildman–Crippen LogP) is 0.486. The molecule has 0 radical (unpaired) electrons. The van der Waals surface area contributed by atoms with Crippen LogP contribution in [0.25, 0.3) is 0 Å². The van der Waals surface area contributed by atoms with Crippen molar-refractivity contribution in [2.75, 3.05) is 0 Å². The van der Waals surface area contributed by atoms with Crippen LogP contribution in [0.3, 0.4) is 0 Å². The number of nitrogens with two attached hydrogens (primary N) is 1. The monoisotopic (exact) mass is 284 g/mol. The van der Waals surface area contributed by atoms with Gasteiger partial charge in [-0.05, 0) is 17.7 Å². The number of benzene rings is 1. The van der Waals surface area contributed by atoms with Crippen LogP contribution in [0, 0.1) is 5.82 Å². The van der Waals surface area contributed by atoms with Crippen LogP contribution in [-0.2, 0) is 23.1 Å². The number of sulfonamides is 1. The van der Waals surface area contributed by atoms with Crippen molar-refractivity contribution in [3.63, 3.8) is 0 Å². The minimum atomic E-state index is -3.93. The normalized spacial score (nSPS) is 11.7. The van der Waals surface area contributed by atoms with E-state index in [1.807, 2.05) is 0 Å². The lowest BCUT2D eigenvalue weighted by Crippen LogP contribution is -2.24. The maximum Gasteiger partial charge on any atom is 0.243 e. The van der Waals surface area contributed by atoms with E-state index in [1.165, 1.54) is 24.7 Å². The van der Waals surface area contributed by atoms with Gasteiger partial charge >= 0.3 is 0 Å². The van der Waals surface area contributed by atoms with E-state index in [2.05, 4.69) is 14.7 Å². The standard InChI is InChI=1S/C11H13FN4O2S/c12-10-2-1-8(4-13)3-11(10)19(17,18)16-6-9-5-14-7-15-9/h1-3,5,7,16H,4,6,13H2,(H,14,15).